The van der Waals surface area contributed by atoms with E-state index in [4.69, 9.17) is 14.0 Å². The Morgan fingerprint density at radius 3 is 1.88 bits per heavy atom. The monoisotopic (exact) mass is 389 g/mol. The third-order valence-electron chi connectivity index (χ3n) is 3.17. The molecule has 0 aliphatic heterocycles. The molecule has 0 fully saturated rings. The van der Waals surface area contributed by atoms with Gasteiger partial charge in [0.1, 0.15) is 17.2 Å². The fourth-order valence-electron chi connectivity index (χ4n) is 2.12. The van der Waals surface area contributed by atoms with Crippen molar-refractivity contribution < 1.29 is 23.5 Å². The summed E-state index contributed by atoms with van der Waals surface area (Å²) in [7, 11) is 0. The standard InChI is InChI=1S/C18H16NO5PS/c20-25(21,26)24-17-13-7-12-16(19-17)18(22-14-8-3-1-4-9-14)23-15-10-5-2-6-11-15/h1-13,18H,(H2,20,21,26). The lowest BCUT2D eigenvalue weighted by molar-refractivity contribution is 0.0000760. The molecule has 0 saturated heterocycles. The van der Waals surface area contributed by atoms with Crippen molar-refractivity contribution in [2.24, 2.45) is 0 Å². The van der Waals surface area contributed by atoms with Crippen LogP contribution in [0.5, 0.6) is 17.4 Å². The van der Waals surface area contributed by atoms with Gasteiger partial charge in [0.25, 0.3) is 6.29 Å². The minimum absolute atomic E-state index is 0.0540. The maximum absolute atomic E-state index is 11.3. The highest BCUT2D eigenvalue weighted by atomic mass is 32.7. The number of rotatable bonds is 7. The highest BCUT2D eigenvalue weighted by Gasteiger charge is 2.20. The third kappa shape index (κ3) is 5.52. The van der Waals surface area contributed by atoms with Crippen LogP contribution in [0, 0.1) is 0 Å². The summed E-state index contributed by atoms with van der Waals surface area (Å²) >= 11 is 3.50. The summed E-state index contributed by atoms with van der Waals surface area (Å²) < 4.78 is 28.0. The topological polar surface area (TPSA) is 77.9 Å². The van der Waals surface area contributed by atoms with Crippen LogP contribution in [-0.2, 0) is 4.57 Å². The van der Waals surface area contributed by atoms with Gasteiger partial charge in [0.15, 0.2) is 0 Å². The maximum Gasteiger partial charge on any atom is 0.435 e. The molecule has 0 aliphatic carbocycles. The van der Waals surface area contributed by atoms with Crippen molar-refractivity contribution >= 4 is 19.0 Å². The molecule has 134 valence electrons. The van der Waals surface area contributed by atoms with Gasteiger partial charge in [-0.05, 0) is 42.6 Å². The van der Waals surface area contributed by atoms with E-state index in [0.717, 1.165) is 0 Å². The second kappa shape index (κ2) is 8.27. The van der Waals surface area contributed by atoms with Gasteiger partial charge in [0, 0.05) is 6.07 Å². The number of pyridine rings is 1. The van der Waals surface area contributed by atoms with Crippen molar-refractivity contribution in [1.82, 2.24) is 4.98 Å². The number of aromatic nitrogens is 1. The third-order valence-corrected chi connectivity index (χ3v) is 3.84. The van der Waals surface area contributed by atoms with Crippen LogP contribution in [0.25, 0.3) is 0 Å². The molecule has 0 aliphatic rings. The molecule has 0 saturated carbocycles. The number of thiol groups is 1. The number of para-hydroxylation sites is 2. The van der Waals surface area contributed by atoms with Gasteiger partial charge in [-0.3, -0.25) is 0 Å². The summed E-state index contributed by atoms with van der Waals surface area (Å²) in [5.41, 5.74) is 0.372. The Labute approximate surface area is 156 Å². The second-order valence-electron chi connectivity index (χ2n) is 5.18. The lowest BCUT2D eigenvalue weighted by atomic mass is 10.3. The minimum Gasteiger partial charge on any atom is -0.449 e. The molecule has 0 bridgehead atoms. The van der Waals surface area contributed by atoms with Crippen molar-refractivity contribution in [3.05, 3.63) is 84.6 Å². The SMILES string of the molecule is O=P(O)(S)Oc1cccc(C(Oc2ccccc2)Oc2ccccc2)n1. The van der Waals surface area contributed by atoms with Gasteiger partial charge in [-0.1, -0.05) is 42.5 Å². The van der Waals surface area contributed by atoms with E-state index in [0.29, 0.717) is 17.2 Å². The van der Waals surface area contributed by atoms with Crippen molar-refractivity contribution in [3.63, 3.8) is 0 Å². The Morgan fingerprint density at radius 2 is 1.38 bits per heavy atom. The minimum atomic E-state index is -4.02. The number of hydrogen-bond donors (Lipinski definition) is 2. The average Bonchev–Trinajstić information content (AvgIpc) is 2.62. The summed E-state index contributed by atoms with van der Waals surface area (Å²) in [6.45, 7) is -4.02. The van der Waals surface area contributed by atoms with E-state index in [1.54, 1.807) is 36.4 Å². The Bertz CT molecular complexity index is 847. The largest absolute Gasteiger partial charge is 0.449 e. The first-order valence-electron chi connectivity index (χ1n) is 7.65. The molecule has 6 nitrogen and oxygen atoms in total. The smallest absolute Gasteiger partial charge is 0.435 e. The highest BCUT2D eigenvalue weighted by Crippen LogP contribution is 2.46. The zero-order chi connectivity index (χ0) is 18.4. The second-order valence-corrected chi connectivity index (χ2v) is 7.86. The predicted molar refractivity (Wildman–Crippen MR) is 101 cm³/mol. The first-order chi connectivity index (χ1) is 12.5. The van der Waals surface area contributed by atoms with Gasteiger partial charge in [-0.25, -0.2) is 9.55 Å². The Kier molecular flexibility index (Phi) is 5.83. The summed E-state index contributed by atoms with van der Waals surface area (Å²) in [6, 6.07) is 23.0. The number of hydrogen-bond acceptors (Lipinski definition) is 5. The van der Waals surface area contributed by atoms with Gasteiger partial charge >= 0.3 is 6.80 Å². The molecular formula is C18H16NO5PS. The van der Waals surface area contributed by atoms with Crippen molar-refractivity contribution in [2.45, 2.75) is 6.29 Å². The Balaban J connectivity index is 1.89. The van der Waals surface area contributed by atoms with Gasteiger partial charge in [-0.2, -0.15) is 0 Å². The number of nitrogens with zero attached hydrogens (tertiary/aromatic N) is 1. The Morgan fingerprint density at radius 1 is 0.846 bits per heavy atom. The zero-order valence-electron chi connectivity index (χ0n) is 13.5. The van der Waals surface area contributed by atoms with Gasteiger partial charge in [0.05, 0.1) is 0 Å². The quantitative estimate of drug-likeness (QED) is 0.348. The molecular weight excluding hydrogens is 373 g/mol. The Hall–Kier alpha value is -2.47. The number of benzene rings is 2. The fraction of sp³-hybridized carbons (Fsp3) is 0.0556. The molecule has 1 aromatic heterocycles. The average molecular weight is 389 g/mol. The van der Waals surface area contributed by atoms with Gasteiger partial charge in [0.2, 0.25) is 5.88 Å². The molecule has 3 rings (SSSR count). The summed E-state index contributed by atoms with van der Waals surface area (Å²) in [4.78, 5) is 13.5. The van der Waals surface area contributed by atoms with Crippen LogP contribution in [0.15, 0.2) is 78.9 Å². The molecule has 3 aromatic rings. The lowest BCUT2D eigenvalue weighted by Gasteiger charge is -2.20. The molecule has 1 heterocycles. The van der Waals surface area contributed by atoms with Crippen molar-refractivity contribution in [1.29, 1.82) is 0 Å². The van der Waals surface area contributed by atoms with E-state index in [9.17, 15) is 9.46 Å². The van der Waals surface area contributed by atoms with Crippen LogP contribution < -0.4 is 14.0 Å². The van der Waals surface area contributed by atoms with Crippen molar-refractivity contribution in [3.8, 4) is 17.4 Å². The van der Waals surface area contributed by atoms with Gasteiger partial charge in [-0.15, -0.1) is 0 Å². The van der Waals surface area contributed by atoms with Crippen molar-refractivity contribution in [2.75, 3.05) is 0 Å². The summed E-state index contributed by atoms with van der Waals surface area (Å²) in [5.74, 6) is 1.12. The van der Waals surface area contributed by atoms with Crippen LogP contribution in [0.4, 0.5) is 0 Å². The van der Waals surface area contributed by atoms with E-state index < -0.39 is 13.1 Å². The molecule has 0 amide bonds. The fourth-order valence-corrected chi connectivity index (χ4v) is 2.72. The van der Waals surface area contributed by atoms with Crippen LogP contribution in [0.2, 0.25) is 0 Å². The van der Waals surface area contributed by atoms with E-state index in [2.05, 4.69) is 17.2 Å². The highest BCUT2D eigenvalue weighted by molar-refractivity contribution is 8.44. The van der Waals surface area contributed by atoms with Gasteiger partial charge < -0.3 is 18.9 Å². The molecule has 0 spiro atoms. The van der Waals surface area contributed by atoms with E-state index in [1.165, 1.54) is 6.07 Å². The van der Waals surface area contributed by atoms with Crippen LogP contribution in [0.1, 0.15) is 12.0 Å². The van der Waals surface area contributed by atoms with Crippen LogP contribution in [0.3, 0.4) is 0 Å². The molecule has 0 radical (unpaired) electrons. The molecule has 8 heteroatoms. The van der Waals surface area contributed by atoms with E-state index >= 15 is 0 Å². The summed E-state index contributed by atoms with van der Waals surface area (Å²) in [6.07, 6.45) is -0.888. The van der Waals surface area contributed by atoms with E-state index in [-0.39, 0.29) is 5.88 Å². The lowest BCUT2D eigenvalue weighted by Crippen LogP contribution is -2.16. The molecule has 26 heavy (non-hydrogen) atoms. The predicted octanol–water partition coefficient (Wildman–Crippen LogP) is 4.65. The zero-order valence-corrected chi connectivity index (χ0v) is 15.3. The van der Waals surface area contributed by atoms with E-state index in [1.807, 2.05) is 36.4 Å². The number of ether oxygens (including phenoxy) is 2. The first-order valence-corrected chi connectivity index (χ1v) is 10.4. The first kappa shape index (κ1) is 18.3. The summed E-state index contributed by atoms with van der Waals surface area (Å²) in [5, 5.41) is 0. The molecule has 2 aromatic carbocycles. The van der Waals surface area contributed by atoms with Crippen LogP contribution in [-0.4, -0.2) is 9.88 Å². The normalized spacial score (nSPS) is 13.0. The molecule has 1 atom stereocenters. The van der Waals surface area contributed by atoms with Crippen LogP contribution >= 0.6 is 19.0 Å². The maximum atomic E-state index is 11.3. The molecule has 1 N–H and O–H groups in total. The molecule has 1 unspecified atom stereocenters.